The van der Waals surface area contributed by atoms with Gasteiger partial charge in [-0.1, -0.05) is 243 Å². The van der Waals surface area contributed by atoms with Crippen LogP contribution in [0.4, 0.5) is 0 Å². The molecule has 0 amide bonds. The average molecular weight is 1090 g/mol. The first-order valence-corrected chi connectivity index (χ1v) is 31.3. The molecule has 4 fully saturated rings. The van der Waals surface area contributed by atoms with Crippen molar-refractivity contribution >= 4 is 43.2 Å². The third-order valence-electron chi connectivity index (χ3n) is 15.2. The maximum Gasteiger partial charge on any atom is 0.129 e. The minimum absolute atomic E-state index is 0.211. The molecule has 12 heteroatoms. The summed E-state index contributed by atoms with van der Waals surface area (Å²) in [6.45, 7) is 0. The van der Waals surface area contributed by atoms with Crippen LogP contribution in [0.1, 0.15) is 70.2 Å². The van der Waals surface area contributed by atoms with E-state index < -0.39 is 65.6 Å². The summed E-state index contributed by atoms with van der Waals surface area (Å²) < 4.78 is 47.9. The van der Waals surface area contributed by atoms with Crippen LogP contribution in [0.2, 0.25) is 0 Å². The monoisotopic (exact) mass is 1090 g/mol. The Hall–Kier alpha value is -5.80. The molecular formula is C64H64O8S4. The molecule has 392 valence electrons. The highest BCUT2D eigenvalue weighted by Gasteiger charge is 2.51. The Bertz CT molecular complexity index is 2600. The molecule has 8 aromatic carbocycles. The van der Waals surface area contributed by atoms with Crippen LogP contribution >= 0.6 is 0 Å². The van der Waals surface area contributed by atoms with Crippen LogP contribution in [0.15, 0.2) is 243 Å². The number of hydrogen-bond donors (Lipinski definition) is 4. The van der Waals surface area contributed by atoms with E-state index in [0.29, 0.717) is 23.0 Å². The molecule has 0 aromatic heterocycles. The molecule has 0 radical (unpaired) electrons. The Morgan fingerprint density at radius 3 is 0.434 bits per heavy atom. The first-order valence-electron chi connectivity index (χ1n) is 25.7. The van der Waals surface area contributed by atoms with Gasteiger partial charge < -0.3 is 20.4 Å². The first kappa shape index (κ1) is 55.0. The predicted molar refractivity (Wildman–Crippen MR) is 309 cm³/mol. The van der Waals surface area contributed by atoms with Crippen molar-refractivity contribution in [3.63, 3.8) is 0 Å². The van der Waals surface area contributed by atoms with Crippen molar-refractivity contribution in [1.29, 1.82) is 0 Å². The molecule has 4 aliphatic rings. The van der Waals surface area contributed by atoms with Gasteiger partial charge in [-0.15, -0.1) is 0 Å². The zero-order valence-corrected chi connectivity index (χ0v) is 45.4. The molecule has 12 rings (SSSR count). The minimum atomic E-state index is -1.15. The fraction of sp³-hybridized carbons (Fsp3) is 0.250. The molecule has 4 aliphatic heterocycles. The first-order chi connectivity index (χ1) is 36.9. The van der Waals surface area contributed by atoms with E-state index in [-0.39, 0.29) is 21.0 Å². The molecule has 0 spiro atoms. The standard InChI is InChI=1S/4C16H16O2S/c4*17-16(15-11-12-19(15)18,13-7-3-1-4-8-13)14-9-5-2-6-10-14/h4*1-10,15,17H,11-12H2/t4*15-,19+/m1100/s1. The van der Waals surface area contributed by atoms with Crippen LogP contribution in [0.3, 0.4) is 0 Å². The van der Waals surface area contributed by atoms with Crippen LogP contribution in [-0.4, -0.2) is 81.3 Å². The maximum absolute atomic E-state index is 12.0. The molecular weight excluding hydrogens is 1020 g/mol. The molecule has 4 heterocycles. The fourth-order valence-electron chi connectivity index (χ4n) is 10.6. The lowest BCUT2D eigenvalue weighted by Crippen LogP contribution is -2.50. The second-order valence-corrected chi connectivity index (χ2v) is 26.4. The molecule has 76 heavy (non-hydrogen) atoms. The molecule has 8 atom stereocenters. The molecule has 0 aliphatic carbocycles. The smallest absolute Gasteiger partial charge is 0.129 e. The van der Waals surface area contributed by atoms with Crippen molar-refractivity contribution in [2.75, 3.05) is 23.0 Å². The Morgan fingerprint density at radius 1 is 0.237 bits per heavy atom. The van der Waals surface area contributed by atoms with Gasteiger partial charge in [-0.25, -0.2) is 0 Å². The Balaban J connectivity index is 0.000000124. The lowest BCUT2D eigenvalue weighted by molar-refractivity contribution is 0.0707. The largest absolute Gasteiger partial charge is 0.379 e. The fourth-order valence-corrected chi connectivity index (χ4v) is 15.9. The number of hydrogen-bond acceptors (Lipinski definition) is 8. The summed E-state index contributed by atoms with van der Waals surface area (Å²) in [6, 6.07) is 76.4. The quantitative estimate of drug-likeness (QED) is 0.0946. The van der Waals surface area contributed by atoms with Gasteiger partial charge in [-0.2, -0.15) is 0 Å². The highest BCUT2D eigenvalue weighted by atomic mass is 32.2. The Morgan fingerprint density at radius 2 is 0.355 bits per heavy atom. The van der Waals surface area contributed by atoms with Crippen molar-refractivity contribution in [3.05, 3.63) is 287 Å². The van der Waals surface area contributed by atoms with E-state index >= 15 is 0 Å². The second kappa shape index (κ2) is 24.7. The van der Waals surface area contributed by atoms with Crippen LogP contribution in [0, 0.1) is 0 Å². The SMILES string of the molecule is O=[S@@]1CC[C@H]1C(O)(c1ccccc1)c1ccccc1.O=[S@@]1CC[C@H]1C(O)(c1ccccc1)c1ccccc1.O=[S@]1CC[C@@H]1C(O)(c1ccccc1)c1ccccc1.O=[S@]1CC[C@@H]1C(O)(c1ccccc1)c1ccccc1. The lowest BCUT2D eigenvalue weighted by atomic mass is 9.82. The van der Waals surface area contributed by atoms with E-state index in [0.717, 1.165) is 70.2 Å². The van der Waals surface area contributed by atoms with Gasteiger partial charge in [0.2, 0.25) is 0 Å². The third kappa shape index (κ3) is 11.1. The normalized spacial score (nSPS) is 22.8. The van der Waals surface area contributed by atoms with Gasteiger partial charge in [0.25, 0.3) is 0 Å². The summed E-state index contributed by atoms with van der Waals surface area (Å²) in [5.74, 6) is 2.75. The van der Waals surface area contributed by atoms with Gasteiger partial charge in [0, 0.05) is 66.2 Å². The van der Waals surface area contributed by atoms with Gasteiger partial charge in [0.1, 0.15) is 22.4 Å². The zero-order valence-electron chi connectivity index (χ0n) is 42.1. The molecule has 0 unspecified atom stereocenters. The van der Waals surface area contributed by atoms with Crippen molar-refractivity contribution < 1.29 is 37.3 Å². The van der Waals surface area contributed by atoms with E-state index in [1.54, 1.807) is 0 Å². The summed E-state index contributed by atoms with van der Waals surface area (Å²) >= 11 is 0. The summed E-state index contributed by atoms with van der Waals surface area (Å²) in [7, 11) is -3.80. The highest BCUT2D eigenvalue weighted by Crippen LogP contribution is 2.44. The van der Waals surface area contributed by atoms with Crippen molar-refractivity contribution in [2.45, 2.75) is 69.1 Å². The van der Waals surface area contributed by atoms with Crippen LogP contribution < -0.4 is 0 Å². The predicted octanol–water partition coefficient (Wildman–Crippen LogP) is 9.77. The Kier molecular flexibility index (Phi) is 17.9. The molecule has 8 aromatic rings. The maximum atomic E-state index is 12.0. The topological polar surface area (TPSA) is 149 Å². The molecule has 0 bridgehead atoms. The van der Waals surface area contributed by atoms with Gasteiger partial charge in [0.05, 0.1) is 21.0 Å². The minimum Gasteiger partial charge on any atom is -0.379 e. The van der Waals surface area contributed by atoms with Crippen molar-refractivity contribution in [2.24, 2.45) is 0 Å². The molecule has 8 nitrogen and oxygen atoms in total. The summed E-state index contributed by atoms with van der Waals surface area (Å²) in [4.78, 5) is 0. The summed E-state index contributed by atoms with van der Waals surface area (Å²) in [5.41, 5.74) is 1.96. The highest BCUT2D eigenvalue weighted by molar-refractivity contribution is 7.87. The average Bonchev–Trinajstić information content (AvgIpc) is 3.48. The van der Waals surface area contributed by atoms with E-state index in [1.807, 2.05) is 243 Å². The second-order valence-electron chi connectivity index (χ2n) is 19.4. The molecule has 4 N–H and O–H groups in total. The van der Waals surface area contributed by atoms with E-state index in [9.17, 15) is 37.3 Å². The number of rotatable bonds is 12. The lowest BCUT2D eigenvalue weighted by Gasteiger charge is -2.41. The number of aliphatic hydroxyl groups is 4. The van der Waals surface area contributed by atoms with Crippen molar-refractivity contribution in [3.8, 4) is 0 Å². The van der Waals surface area contributed by atoms with Gasteiger partial charge in [-0.3, -0.25) is 16.8 Å². The van der Waals surface area contributed by atoms with Crippen molar-refractivity contribution in [1.82, 2.24) is 0 Å². The van der Waals surface area contributed by atoms with Crippen LogP contribution in [0.25, 0.3) is 0 Å². The molecule has 4 saturated heterocycles. The molecule has 0 saturated carbocycles. The summed E-state index contributed by atoms with van der Waals surface area (Å²) in [6.07, 6.45) is 3.19. The van der Waals surface area contributed by atoms with Gasteiger partial charge in [-0.05, 0) is 70.2 Å². The van der Waals surface area contributed by atoms with E-state index in [2.05, 4.69) is 0 Å². The summed E-state index contributed by atoms with van der Waals surface area (Å²) in [5, 5.41) is 44.2. The van der Waals surface area contributed by atoms with E-state index in [4.69, 9.17) is 0 Å². The van der Waals surface area contributed by atoms with Gasteiger partial charge in [0.15, 0.2) is 0 Å². The Labute approximate surface area is 456 Å². The van der Waals surface area contributed by atoms with Gasteiger partial charge >= 0.3 is 0 Å². The van der Waals surface area contributed by atoms with Crippen LogP contribution in [0.5, 0.6) is 0 Å². The third-order valence-corrected chi connectivity index (χ3v) is 22.6. The van der Waals surface area contributed by atoms with E-state index in [1.165, 1.54) is 0 Å². The number of benzene rings is 8. The van der Waals surface area contributed by atoms with Crippen LogP contribution in [-0.2, 0) is 65.6 Å². The zero-order chi connectivity index (χ0) is 53.2.